The van der Waals surface area contributed by atoms with Gasteiger partial charge in [-0.1, -0.05) is 0 Å². The summed E-state index contributed by atoms with van der Waals surface area (Å²) in [5.41, 5.74) is 6.07. The van der Waals surface area contributed by atoms with Gasteiger partial charge in [0.15, 0.2) is 11.3 Å². The fourth-order valence-corrected chi connectivity index (χ4v) is 0.823. The van der Waals surface area contributed by atoms with Crippen LogP contribution in [0.25, 0.3) is 0 Å². The third-order valence-electron chi connectivity index (χ3n) is 1.28. The van der Waals surface area contributed by atoms with Gasteiger partial charge in [-0.2, -0.15) is 0 Å². The van der Waals surface area contributed by atoms with Gasteiger partial charge in [0.25, 0.3) is 0 Å². The molecule has 1 aliphatic rings. The second kappa shape index (κ2) is 3.68. The Bertz CT molecular complexity index is 373. The first-order valence-electron chi connectivity index (χ1n) is 2.83. The second-order valence-electron chi connectivity index (χ2n) is 1.89. The van der Waals surface area contributed by atoms with Crippen molar-refractivity contribution < 1.29 is 0 Å². The third-order valence-corrected chi connectivity index (χ3v) is 1.28. The van der Waals surface area contributed by atoms with Crippen LogP contribution in [0, 0.1) is 0 Å². The number of aromatic nitrogens is 2. The SMILES string of the molecule is Nc1ncnc2c1=NCN=2.[KH]. The zero-order valence-electron chi connectivity index (χ0n) is 5.15. The summed E-state index contributed by atoms with van der Waals surface area (Å²) < 4.78 is 0. The molecule has 6 heteroatoms. The Balaban J connectivity index is 0.000000605. The van der Waals surface area contributed by atoms with Gasteiger partial charge in [0, 0.05) is 0 Å². The summed E-state index contributed by atoms with van der Waals surface area (Å²) in [6, 6.07) is 0. The molecule has 0 aromatic carbocycles. The van der Waals surface area contributed by atoms with Gasteiger partial charge in [0.1, 0.15) is 18.4 Å². The van der Waals surface area contributed by atoms with Crippen LogP contribution in [0.5, 0.6) is 0 Å². The van der Waals surface area contributed by atoms with Crippen molar-refractivity contribution in [3.05, 3.63) is 17.2 Å². The molecule has 52 valence electrons. The Morgan fingerprint density at radius 1 is 1.27 bits per heavy atom. The molecule has 0 saturated carbocycles. The van der Waals surface area contributed by atoms with Crippen molar-refractivity contribution in [1.29, 1.82) is 0 Å². The second-order valence-corrected chi connectivity index (χ2v) is 1.89. The molecule has 0 amide bonds. The van der Waals surface area contributed by atoms with E-state index in [-0.39, 0.29) is 51.4 Å². The average Bonchev–Trinajstić information content (AvgIpc) is 2.36. The minimum atomic E-state index is 0. The van der Waals surface area contributed by atoms with Crippen molar-refractivity contribution in [2.24, 2.45) is 9.98 Å². The zero-order valence-corrected chi connectivity index (χ0v) is 5.15. The van der Waals surface area contributed by atoms with Crippen LogP contribution in [-0.4, -0.2) is 68.0 Å². The molecule has 2 rings (SSSR count). The van der Waals surface area contributed by atoms with Gasteiger partial charge in [-0.3, -0.25) is 4.99 Å². The van der Waals surface area contributed by atoms with E-state index < -0.39 is 0 Å². The predicted molar refractivity (Wildman–Crippen MR) is 40.8 cm³/mol. The normalized spacial score (nSPS) is 12.4. The number of hydrogen-bond donors (Lipinski definition) is 1. The Kier molecular flexibility index (Phi) is 3.08. The fourth-order valence-electron chi connectivity index (χ4n) is 0.823. The average molecular weight is 175 g/mol. The van der Waals surface area contributed by atoms with Crippen molar-refractivity contribution in [2.45, 2.75) is 0 Å². The number of nitrogens with two attached hydrogens (primary N) is 1. The van der Waals surface area contributed by atoms with E-state index in [2.05, 4.69) is 20.0 Å². The van der Waals surface area contributed by atoms with E-state index in [9.17, 15) is 0 Å². The van der Waals surface area contributed by atoms with Crippen LogP contribution in [0.3, 0.4) is 0 Å². The molecule has 0 bridgehead atoms. The Morgan fingerprint density at radius 2 is 2.09 bits per heavy atom. The fraction of sp³-hybridized carbons (Fsp3) is 0.200. The van der Waals surface area contributed by atoms with E-state index >= 15 is 0 Å². The molecule has 1 aromatic rings. The molecule has 0 unspecified atom stereocenters. The van der Waals surface area contributed by atoms with Gasteiger partial charge >= 0.3 is 51.4 Å². The Hall–Kier alpha value is 0.116. The van der Waals surface area contributed by atoms with Crippen LogP contribution < -0.4 is 16.6 Å². The number of fused-ring (bicyclic) bond motifs is 1. The number of rotatable bonds is 0. The molecule has 0 aliphatic carbocycles. The monoisotopic (exact) mass is 175 g/mol. The molecule has 1 aromatic heterocycles. The number of hydrogen-bond acceptors (Lipinski definition) is 5. The van der Waals surface area contributed by atoms with Crippen LogP contribution in [0.15, 0.2) is 16.3 Å². The first-order chi connectivity index (χ1) is 4.88. The standard InChI is InChI=1S/C5H5N5.K.H/c6-4-3-5(9-1-7-3)10-2-8-4;;/h2H,1H2,(H2,6,8,9,10);;. The first-order valence-corrected chi connectivity index (χ1v) is 2.83. The molecule has 5 nitrogen and oxygen atoms in total. The van der Waals surface area contributed by atoms with Gasteiger partial charge in [-0.25, -0.2) is 15.0 Å². The molecule has 1 aliphatic heterocycles. The van der Waals surface area contributed by atoms with Crippen molar-refractivity contribution in [1.82, 2.24) is 9.97 Å². The molecule has 0 fully saturated rings. The molecular weight excluding hydrogens is 169 g/mol. The van der Waals surface area contributed by atoms with Crippen molar-refractivity contribution >= 4 is 57.2 Å². The summed E-state index contributed by atoms with van der Waals surface area (Å²) in [6.07, 6.45) is 1.39. The molecule has 0 atom stereocenters. The van der Waals surface area contributed by atoms with E-state index in [0.29, 0.717) is 23.3 Å². The zero-order chi connectivity index (χ0) is 6.97. The van der Waals surface area contributed by atoms with Crippen LogP contribution in [0.4, 0.5) is 5.82 Å². The van der Waals surface area contributed by atoms with E-state index in [1.165, 1.54) is 6.33 Å². The number of anilines is 1. The summed E-state index contributed by atoms with van der Waals surface area (Å²) in [4.78, 5) is 15.6. The Morgan fingerprint density at radius 3 is 2.82 bits per heavy atom. The summed E-state index contributed by atoms with van der Waals surface area (Å²) in [5.74, 6) is 0.409. The number of nitrogen functional groups attached to an aromatic ring is 1. The molecule has 0 radical (unpaired) electrons. The van der Waals surface area contributed by atoms with Crippen LogP contribution in [0.1, 0.15) is 0 Å². The number of nitrogens with zero attached hydrogens (tertiary/aromatic N) is 4. The summed E-state index contributed by atoms with van der Waals surface area (Å²) >= 11 is 0. The molecular formula is C5H6KN5. The van der Waals surface area contributed by atoms with Crippen LogP contribution >= 0.6 is 0 Å². The molecule has 2 N–H and O–H groups in total. The molecule has 2 heterocycles. The van der Waals surface area contributed by atoms with Gasteiger partial charge in [-0.15, -0.1) is 0 Å². The summed E-state index contributed by atoms with van der Waals surface area (Å²) in [5, 5.41) is 0.627. The van der Waals surface area contributed by atoms with Crippen molar-refractivity contribution in [3.8, 4) is 0 Å². The summed E-state index contributed by atoms with van der Waals surface area (Å²) in [7, 11) is 0. The van der Waals surface area contributed by atoms with E-state index in [4.69, 9.17) is 5.73 Å². The van der Waals surface area contributed by atoms with Crippen LogP contribution in [0.2, 0.25) is 0 Å². The maximum atomic E-state index is 5.47. The van der Waals surface area contributed by atoms with E-state index in [1.807, 2.05) is 0 Å². The molecule has 0 saturated heterocycles. The van der Waals surface area contributed by atoms with E-state index in [1.54, 1.807) is 0 Å². The van der Waals surface area contributed by atoms with Gasteiger partial charge in [0.2, 0.25) is 0 Å². The van der Waals surface area contributed by atoms with Gasteiger partial charge < -0.3 is 5.73 Å². The van der Waals surface area contributed by atoms with Gasteiger partial charge in [0.05, 0.1) is 0 Å². The van der Waals surface area contributed by atoms with E-state index in [0.717, 1.165) is 0 Å². The summed E-state index contributed by atoms with van der Waals surface area (Å²) in [6.45, 7) is 0.429. The van der Waals surface area contributed by atoms with Crippen LogP contribution in [-0.2, 0) is 0 Å². The van der Waals surface area contributed by atoms with Gasteiger partial charge in [-0.05, 0) is 0 Å². The predicted octanol–water partition coefficient (Wildman–Crippen LogP) is -2.38. The maximum absolute atomic E-state index is 5.47. The first kappa shape index (κ1) is 9.21. The molecule has 0 spiro atoms. The Labute approximate surface area is 105 Å². The molecule has 11 heavy (non-hydrogen) atoms. The van der Waals surface area contributed by atoms with Crippen molar-refractivity contribution in [3.63, 3.8) is 0 Å². The topological polar surface area (TPSA) is 76.5 Å². The third kappa shape index (κ3) is 1.65. The van der Waals surface area contributed by atoms with Crippen molar-refractivity contribution in [2.75, 3.05) is 12.4 Å². The minimum absolute atomic E-state index is 0. The quantitative estimate of drug-likeness (QED) is 0.447.